The number of hydrogen-bond acceptors (Lipinski definition) is 5. The van der Waals surface area contributed by atoms with Crippen LogP contribution in [0.4, 0.5) is 0 Å². The van der Waals surface area contributed by atoms with E-state index in [4.69, 9.17) is 19.4 Å². The summed E-state index contributed by atoms with van der Waals surface area (Å²) in [7, 11) is 0. The summed E-state index contributed by atoms with van der Waals surface area (Å²) in [6.07, 6.45) is -0.249. The molecule has 0 fully saturated rings. The molecule has 1 aliphatic rings. The zero-order valence-corrected chi connectivity index (χ0v) is 27.5. The van der Waals surface area contributed by atoms with Gasteiger partial charge in [0, 0.05) is 49.2 Å². The van der Waals surface area contributed by atoms with Gasteiger partial charge in [0.2, 0.25) is 0 Å². The van der Waals surface area contributed by atoms with Crippen LogP contribution in [0.5, 0.6) is 0 Å². The highest BCUT2D eigenvalue weighted by molar-refractivity contribution is 6.25. The standard InChI is InChI=1S/C46H30N4O/c1-4-13-30(14-5-1)41-38-28-27-36-35-21-12-20-34(42(35)51-43(36)40(38)37-19-10-11-22-39(37)47-41)29-23-25-33(26-24-29)46-49-44(31-15-6-2-7-16-31)48-45(50-46)32-17-8-3-9-18-32/h1-28,44H,(H,48,49,50). The summed E-state index contributed by atoms with van der Waals surface area (Å²) in [5, 5.41) is 8.94. The number of hydrogen-bond donors (Lipinski definition) is 1. The lowest BCUT2D eigenvalue weighted by Gasteiger charge is -2.23. The molecule has 0 radical (unpaired) electrons. The number of aliphatic imine (C=N–C) groups is 2. The third kappa shape index (κ3) is 4.98. The van der Waals surface area contributed by atoms with Gasteiger partial charge in [0.25, 0.3) is 0 Å². The molecule has 1 N–H and O–H groups in total. The normalized spacial score (nSPS) is 14.5. The predicted octanol–water partition coefficient (Wildman–Crippen LogP) is 11.1. The van der Waals surface area contributed by atoms with Crippen molar-refractivity contribution in [3.63, 3.8) is 0 Å². The number of amidine groups is 2. The average molecular weight is 655 g/mol. The number of benzene rings is 7. The smallest absolute Gasteiger partial charge is 0.159 e. The second-order valence-electron chi connectivity index (χ2n) is 12.8. The van der Waals surface area contributed by atoms with Crippen molar-refractivity contribution in [1.29, 1.82) is 0 Å². The van der Waals surface area contributed by atoms with Crippen LogP contribution >= 0.6 is 0 Å². The lowest BCUT2D eigenvalue weighted by atomic mass is 9.97. The summed E-state index contributed by atoms with van der Waals surface area (Å²) in [4.78, 5) is 15.2. The largest absolute Gasteiger partial charge is 0.455 e. The van der Waals surface area contributed by atoms with Crippen LogP contribution in [0.1, 0.15) is 22.9 Å². The number of aromatic nitrogens is 1. The quantitative estimate of drug-likeness (QED) is 0.188. The molecule has 1 unspecified atom stereocenters. The molecule has 0 saturated heterocycles. The first-order valence-electron chi connectivity index (χ1n) is 17.1. The van der Waals surface area contributed by atoms with Gasteiger partial charge in [-0.15, -0.1) is 0 Å². The van der Waals surface area contributed by atoms with Crippen LogP contribution in [0.25, 0.3) is 66.0 Å². The van der Waals surface area contributed by atoms with Crippen molar-refractivity contribution in [2.45, 2.75) is 6.17 Å². The van der Waals surface area contributed by atoms with Gasteiger partial charge in [-0.2, -0.15) is 0 Å². The van der Waals surface area contributed by atoms with Crippen LogP contribution in [0.3, 0.4) is 0 Å². The Kier molecular flexibility index (Phi) is 6.81. The second kappa shape index (κ2) is 11.9. The van der Waals surface area contributed by atoms with E-state index in [1.54, 1.807) is 0 Å². The minimum Gasteiger partial charge on any atom is -0.455 e. The number of fused-ring (bicyclic) bond motifs is 7. The average Bonchev–Trinajstić information content (AvgIpc) is 3.61. The minimum atomic E-state index is -0.249. The molecular formula is C46H30N4O. The SMILES string of the molecule is c1ccc(C2=NC(c3ccc(-c4cccc5c4oc4c5ccc5c(-c6ccccc6)nc6ccccc6c54)cc3)=NC(c3ccccc3)N2)cc1. The van der Waals surface area contributed by atoms with Crippen LogP contribution in [0, 0.1) is 0 Å². The monoisotopic (exact) mass is 654 g/mol. The highest BCUT2D eigenvalue weighted by atomic mass is 16.3. The Morgan fingerprint density at radius 3 is 1.88 bits per heavy atom. The van der Waals surface area contributed by atoms with Gasteiger partial charge in [0.1, 0.15) is 23.2 Å². The van der Waals surface area contributed by atoms with Gasteiger partial charge in [-0.05, 0) is 23.3 Å². The molecule has 2 aromatic heterocycles. The first kappa shape index (κ1) is 29.1. The fraction of sp³-hybridized carbons (Fsp3) is 0.0217. The summed E-state index contributed by atoms with van der Waals surface area (Å²) in [5.41, 5.74) is 9.87. The van der Waals surface area contributed by atoms with E-state index in [2.05, 4.69) is 127 Å². The Labute approximate surface area is 294 Å². The molecule has 51 heavy (non-hydrogen) atoms. The molecule has 0 saturated carbocycles. The van der Waals surface area contributed by atoms with Crippen LogP contribution in [-0.4, -0.2) is 16.7 Å². The minimum absolute atomic E-state index is 0.249. The Morgan fingerprint density at radius 2 is 1.10 bits per heavy atom. The molecule has 0 amide bonds. The van der Waals surface area contributed by atoms with Crippen LogP contribution < -0.4 is 5.32 Å². The maximum absolute atomic E-state index is 6.94. The van der Waals surface area contributed by atoms with E-state index in [0.29, 0.717) is 5.84 Å². The lowest BCUT2D eigenvalue weighted by molar-refractivity contribution is 0.674. The molecule has 0 bridgehead atoms. The van der Waals surface area contributed by atoms with Crippen LogP contribution in [0.2, 0.25) is 0 Å². The molecule has 0 spiro atoms. The number of nitrogens with one attached hydrogen (secondary N) is 1. The lowest BCUT2D eigenvalue weighted by Crippen LogP contribution is -2.33. The van der Waals surface area contributed by atoms with Crippen molar-refractivity contribution in [2.75, 3.05) is 0 Å². The Balaban J connectivity index is 1.10. The topological polar surface area (TPSA) is 62.8 Å². The van der Waals surface area contributed by atoms with E-state index < -0.39 is 0 Å². The van der Waals surface area contributed by atoms with Gasteiger partial charge in [-0.1, -0.05) is 158 Å². The van der Waals surface area contributed by atoms with E-state index in [1.165, 1.54) is 0 Å². The summed E-state index contributed by atoms with van der Waals surface area (Å²) in [6, 6.07) is 58.5. The van der Waals surface area contributed by atoms with Gasteiger partial charge >= 0.3 is 0 Å². The number of pyridine rings is 1. The summed E-state index contributed by atoms with van der Waals surface area (Å²) < 4.78 is 6.94. The maximum atomic E-state index is 6.94. The van der Waals surface area contributed by atoms with Gasteiger partial charge < -0.3 is 9.73 Å². The molecule has 10 rings (SSSR count). The van der Waals surface area contributed by atoms with Crippen molar-refractivity contribution < 1.29 is 4.42 Å². The number of nitrogens with zero attached hydrogens (tertiary/aromatic N) is 3. The first-order chi connectivity index (χ1) is 25.3. The highest BCUT2D eigenvalue weighted by Gasteiger charge is 2.22. The van der Waals surface area contributed by atoms with E-state index in [9.17, 15) is 0 Å². The molecule has 5 nitrogen and oxygen atoms in total. The molecule has 9 aromatic rings. The molecule has 3 heterocycles. The molecular weight excluding hydrogens is 625 g/mol. The summed E-state index contributed by atoms with van der Waals surface area (Å²) in [6.45, 7) is 0. The van der Waals surface area contributed by atoms with E-state index in [1.807, 2.05) is 48.5 Å². The van der Waals surface area contributed by atoms with Crippen molar-refractivity contribution in [2.24, 2.45) is 9.98 Å². The summed E-state index contributed by atoms with van der Waals surface area (Å²) >= 11 is 0. The number of rotatable bonds is 5. The van der Waals surface area contributed by atoms with E-state index >= 15 is 0 Å². The number of para-hydroxylation sites is 2. The van der Waals surface area contributed by atoms with Crippen molar-refractivity contribution in [3.8, 4) is 22.4 Å². The van der Waals surface area contributed by atoms with Crippen molar-refractivity contribution in [1.82, 2.24) is 10.3 Å². The van der Waals surface area contributed by atoms with E-state index in [-0.39, 0.29) is 6.17 Å². The zero-order chi connectivity index (χ0) is 33.7. The van der Waals surface area contributed by atoms with E-state index in [0.717, 1.165) is 88.5 Å². The third-order valence-electron chi connectivity index (χ3n) is 9.73. The molecule has 5 heteroatoms. The van der Waals surface area contributed by atoms with Crippen LogP contribution in [-0.2, 0) is 0 Å². The van der Waals surface area contributed by atoms with Crippen molar-refractivity contribution in [3.05, 3.63) is 187 Å². The Bertz CT molecular complexity index is 2800. The maximum Gasteiger partial charge on any atom is 0.159 e. The Morgan fingerprint density at radius 1 is 0.471 bits per heavy atom. The fourth-order valence-corrected chi connectivity index (χ4v) is 7.26. The van der Waals surface area contributed by atoms with Crippen molar-refractivity contribution >= 4 is 55.3 Å². The fourth-order valence-electron chi connectivity index (χ4n) is 7.26. The first-order valence-corrected chi connectivity index (χ1v) is 17.1. The molecule has 0 aliphatic carbocycles. The van der Waals surface area contributed by atoms with Gasteiger partial charge in [0.05, 0.1) is 11.2 Å². The van der Waals surface area contributed by atoms with Gasteiger partial charge in [-0.3, -0.25) is 0 Å². The van der Waals surface area contributed by atoms with Gasteiger partial charge in [0.15, 0.2) is 5.84 Å². The molecule has 7 aromatic carbocycles. The molecule has 1 atom stereocenters. The Hall–Kier alpha value is -6.85. The second-order valence-corrected chi connectivity index (χ2v) is 12.8. The predicted molar refractivity (Wildman–Crippen MR) is 209 cm³/mol. The van der Waals surface area contributed by atoms with Gasteiger partial charge in [-0.25, -0.2) is 15.0 Å². The molecule has 240 valence electrons. The zero-order valence-electron chi connectivity index (χ0n) is 27.5. The molecule has 1 aliphatic heterocycles. The summed E-state index contributed by atoms with van der Waals surface area (Å²) in [5.74, 6) is 1.49. The number of furan rings is 1. The van der Waals surface area contributed by atoms with Crippen LogP contribution in [0.15, 0.2) is 184 Å². The third-order valence-corrected chi connectivity index (χ3v) is 9.73. The highest BCUT2D eigenvalue weighted by Crippen LogP contribution is 2.42.